The quantitative estimate of drug-likeness (QED) is 0.589. The molecule has 1 atom stereocenters. The minimum atomic E-state index is -0.871. The average molecular weight is 263 g/mol. The molecule has 0 unspecified atom stereocenters. The number of carbonyl (C=O) groups is 1. The van der Waals surface area contributed by atoms with Crippen LogP contribution in [0.3, 0.4) is 0 Å². The van der Waals surface area contributed by atoms with Gasteiger partial charge in [0.2, 0.25) is 0 Å². The molecule has 0 aliphatic carbocycles. The number of amides is 1. The van der Waals surface area contributed by atoms with Gasteiger partial charge in [0.25, 0.3) is 0 Å². The Hall–Kier alpha value is -1.66. The topological polar surface area (TPSA) is 119 Å². The molecule has 0 aromatic heterocycles. The van der Waals surface area contributed by atoms with Crippen molar-refractivity contribution in [2.75, 3.05) is 6.61 Å². The highest BCUT2D eigenvalue weighted by Gasteiger charge is 2.08. The summed E-state index contributed by atoms with van der Waals surface area (Å²) in [5.41, 5.74) is 11.2. The van der Waals surface area contributed by atoms with E-state index in [0.29, 0.717) is 6.42 Å². The van der Waals surface area contributed by atoms with Crippen LogP contribution in [0.2, 0.25) is 0 Å². The third kappa shape index (κ3) is 5.28. The van der Waals surface area contributed by atoms with Crippen molar-refractivity contribution in [3.05, 3.63) is 23.8 Å². The first kappa shape index (κ1) is 15.3. The lowest BCUT2D eigenvalue weighted by Crippen LogP contribution is -2.31. The number of phenolic OH excluding ortho intramolecular Hbond substituents is 2. The molecule has 0 bridgehead atoms. The van der Waals surface area contributed by atoms with Gasteiger partial charge >= 0.3 is 6.09 Å². The number of halogens is 1. The molecule has 17 heavy (non-hydrogen) atoms. The Morgan fingerprint density at radius 2 is 2.00 bits per heavy atom. The average Bonchev–Trinajstić information content (AvgIpc) is 2.21. The number of aromatic hydroxyl groups is 2. The Morgan fingerprint density at radius 3 is 2.53 bits per heavy atom. The normalized spacial score (nSPS) is 11.4. The van der Waals surface area contributed by atoms with Gasteiger partial charge in [-0.3, -0.25) is 0 Å². The van der Waals surface area contributed by atoms with Crippen LogP contribution in [0, 0.1) is 0 Å². The first-order valence-electron chi connectivity index (χ1n) is 4.67. The minimum absolute atomic E-state index is 0. The first-order chi connectivity index (χ1) is 7.49. The second-order valence-electron chi connectivity index (χ2n) is 3.42. The van der Waals surface area contributed by atoms with Crippen LogP contribution >= 0.6 is 12.4 Å². The van der Waals surface area contributed by atoms with Gasteiger partial charge in [-0.1, -0.05) is 6.07 Å². The highest BCUT2D eigenvalue weighted by atomic mass is 35.5. The summed E-state index contributed by atoms with van der Waals surface area (Å²) in [4.78, 5) is 10.3. The lowest BCUT2D eigenvalue weighted by atomic mass is 10.1. The zero-order valence-corrected chi connectivity index (χ0v) is 9.81. The number of nitrogens with two attached hydrogens (primary N) is 2. The number of primary amides is 1. The largest absolute Gasteiger partial charge is 0.504 e. The van der Waals surface area contributed by atoms with E-state index >= 15 is 0 Å². The monoisotopic (exact) mass is 262 g/mol. The van der Waals surface area contributed by atoms with E-state index in [-0.39, 0.29) is 30.5 Å². The maximum atomic E-state index is 10.3. The zero-order chi connectivity index (χ0) is 12.1. The number of ether oxygens (including phenoxy) is 1. The number of rotatable bonds is 4. The summed E-state index contributed by atoms with van der Waals surface area (Å²) >= 11 is 0. The molecule has 1 aromatic rings. The summed E-state index contributed by atoms with van der Waals surface area (Å²) in [5.74, 6) is -0.397. The molecular weight excluding hydrogens is 248 g/mol. The summed E-state index contributed by atoms with van der Waals surface area (Å²) in [6, 6.07) is 3.99. The summed E-state index contributed by atoms with van der Waals surface area (Å²) in [7, 11) is 0. The lowest BCUT2D eigenvalue weighted by Gasteiger charge is -2.11. The highest BCUT2D eigenvalue weighted by Crippen LogP contribution is 2.25. The van der Waals surface area contributed by atoms with Gasteiger partial charge < -0.3 is 26.4 Å². The van der Waals surface area contributed by atoms with Crippen molar-refractivity contribution in [3.63, 3.8) is 0 Å². The molecule has 7 heteroatoms. The highest BCUT2D eigenvalue weighted by molar-refractivity contribution is 5.85. The third-order valence-corrected chi connectivity index (χ3v) is 1.98. The van der Waals surface area contributed by atoms with Gasteiger partial charge in [0.15, 0.2) is 11.5 Å². The second kappa shape index (κ2) is 6.82. The molecule has 0 radical (unpaired) electrons. The van der Waals surface area contributed by atoms with E-state index < -0.39 is 12.1 Å². The van der Waals surface area contributed by atoms with Crippen molar-refractivity contribution >= 4 is 18.5 Å². The Balaban J connectivity index is 0.00000256. The lowest BCUT2D eigenvalue weighted by molar-refractivity contribution is 0.149. The summed E-state index contributed by atoms with van der Waals surface area (Å²) in [5, 5.41) is 18.3. The van der Waals surface area contributed by atoms with Gasteiger partial charge in [0.05, 0.1) is 0 Å². The van der Waals surface area contributed by atoms with E-state index in [1.807, 2.05) is 0 Å². The SMILES string of the molecule is Cl.NC(=O)OC[C@@H](N)Cc1ccc(O)c(O)c1. The Bertz CT molecular complexity index is 387. The third-order valence-electron chi connectivity index (χ3n) is 1.98. The summed E-state index contributed by atoms with van der Waals surface area (Å²) in [6.07, 6.45) is -0.467. The van der Waals surface area contributed by atoms with Gasteiger partial charge in [-0.05, 0) is 24.1 Å². The van der Waals surface area contributed by atoms with E-state index in [0.717, 1.165) is 5.56 Å². The van der Waals surface area contributed by atoms with E-state index in [2.05, 4.69) is 4.74 Å². The molecule has 6 N–H and O–H groups in total. The van der Waals surface area contributed by atoms with Gasteiger partial charge in [-0.15, -0.1) is 12.4 Å². The minimum Gasteiger partial charge on any atom is -0.504 e. The van der Waals surface area contributed by atoms with Gasteiger partial charge in [0.1, 0.15) is 6.61 Å². The molecule has 0 heterocycles. The van der Waals surface area contributed by atoms with Gasteiger partial charge in [-0.2, -0.15) is 0 Å². The van der Waals surface area contributed by atoms with Gasteiger partial charge in [0, 0.05) is 6.04 Å². The van der Waals surface area contributed by atoms with Crippen LogP contribution in [-0.4, -0.2) is 29.0 Å². The zero-order valence-electron chi connectivity index (χ0n) is 9.00. The molecule has 0 spiro atoms. The number of benzene rings is 1. The molecule has 0 fully saturated rings. The fourth-order valence-electron chi connectivity index (χ4n) is 1.25. The van der Waals surface area contributed by atoms with Crippen molar-refractivity contribution in [2.24, 2.45) is 11.5 Å². The van der Waals surface area contributed by atoms with Crippen LogP contribution < -0.4 is 11.5 Å². The van der Waals surface area contributed by atoms with Crippen molar-refractivity contribution in [1.82, 2.24) is 0 Å². The van der Waals surface area contributed by atoms with Crippen molar-refractivity contribution in [3.8, 4) is 11.5 Å². The molecule has 1 rings (SSSR count). The fraction of sp³-hybridized carbons (Fsp3) is 0.300. The van der Waals surface area contributed by atoms with Crippen LogP contribution in [-0.2, 0) is 11.2 Å². The van der Waals surface area contributed by atoms with E-state index in [9.17, 15) is 9.90 Å². The number of phenols is 2. The smallest absolute Gasteiger partial charge is 0.404 e. The van der Waals surface area contributed by atoms with Crippen LogP contribution in [0.25, 0.3) is 0 Å². The van der Waals surface area contributed by atoms with Crippen molar-refractivity contribution in [1.29, 1.82) is 0 Å². The van der Waals surface area contributed by atoms with E-state index in [1.165, 1.54) is 12.1 Å². The molecule has 0 saturated carbocycles. The molecule has 6 nitrogen and oxygen atoms in total. The first-order valence-corrected chi connectivity index (χ1v) is 4.67. The number of hydrogen-bond donors (Lipinski definition) is 4. The maximum absolute atomic E-state index is 10.3. The predicted octanol–water partition coefficient (Wildman–Crippen LogP) is 0.485. The Kier molecular flexibility index (Phi) is 6.16. The Morgan fingerprint density at radius 1 is 1.35 bits per heavy atom. The maximum Gasteiger partial charge on any atom is 0.404 e. The molecule has 1 amide bonds. The molecule has 1 aromatic carbocycles. The van der Waals surface area contributed by atoms with Crippen molar-refractivity contribution in [2.45, 2.75) is 12.5 Å². The molecule has 0 aliphatic heterocycles. The van der Waals surface area contributed by atoms with E-state index in [4.69, 9.17) is 16.6 Å². The fourth-order valence-corrected chi connectivity index (χ4v) is 1.25. The standard InChI is InChI=1S/C10H14N2O4.ClH/c11-7(5-16-10(12)15)3-6-1-2-8(13)9(14)4-6;/h1-2,4,7,13-14H,3,5,11H2,(H2,12,15);1H/t7-;/m0./s1. The Labute approximate surface area is 105 Å². The molecule has 0 saturated heterocycles. The van der Waals surface area contributed by atoms with Crippen LogP contribution in [0.1, 0.15) is 5.56 Å². The molecule has 96 valence electrons. The number of hydrogen-bond acceptors (Lipinski definition) is 5. The van der Waals surface area contributed by atoms with Gasteiger partial charge in [-0.25, -0.2) is 4.79 Å². The molecule has 0 aliphatic rings. The van der Waals surface area contributed by atoms with E-state index in [1.54, 1.807) is 6.07 Å². The summed E-state index contributed by atoms with van der Waals surface area (Å²) in [6.45, 7) is 0.0109. The predicted molar refractivity (Wildman–Crippen MR) is 64.2 cm³/mol. The second-order valence-corrected chi connectivity index (χ2v) is 3.42. The van der Waals surface area contributed by atoms with Crippen molar-refractivity contribution < 1.29 is 19.7 Å². The van der Waals surface area contributed by atoms with Crippen LogP contribution in [0.15, 0.2) is 18.2 Å². The molecular formula is C10H15ClN2O4. The van der Waals surface area contributed by atoms with Crippen LogP contribution in [0.4, 0.5) is 4.79 Å². The number of carbonyl (C=O) groups excluding carboxylic acids is 1. The van der Waals surface area contributed by atoms with Crippen LogP contribution in [0.5, 0.6) is 11.5 Å². The summed E-state index contributed by atoms with van der Waals surface area (Å²) < 4.78 is 4.53.